The number of fused-ring (bicyclic) bond motifs is 1. The first-order valence-electron chi connectivity index (χ1n) is 6.80. The highest BCUT2D eigenvalue weighted by molar-refractivity contribution is 9.10. The van der Waals surface area contributed by atoms with Gasteiger partial charge in [0.1, 0.15) is 0 Å². The van der Waals surface area contributed by atoms with E-state index >= 15 is 0 Å². The number of thiazole rings is 1. The number of halogens is 1. The second-order valence-corrected chi connectivity index (χ2v) is 6.95. The summed E-state index contributed by atoms with van der Waals surface area (Å²) < 4.78 is 2.23. The van der Waals surface area contributed by atoms with Crippen LogP contribution in [0.4, 0.5) is 5.13 Å². The second kappa shape index (κ2) is 6.10. The maximum atomic E-state index is 11.5. The Morgan fingerprint density at radius 1 is 1.45 bits per heavy atom. The number of nitrogens with one attached hydrogen (secondary N) is 2. The molecule has 0 unspecified atom stereocenters. The first-order chi connectivity index (χ1) is 9.70. The molecule has 6 heteroatoms. The molecule has 1 aliphatic carbocycles. The number of hydrogen-bond donors (Lipinski definition) is 2. The number of aromatic nitrogens is 1. The van der Waals surface area contributed by atoms with E-state index in [1.807, 2.05) is 12.1 Å². The average molecular weight is 354 g/mol. The van der Waals surface area contributed by atoms with Crippen molar-refractivity contribution in [2.75, 3.05) is 11.9 Å². The number of carbonyl (C=O) groups excluding carboxylic acids is 1. The Morgan fingerprint density at radius 3 is 3.10 bits per heavy atom. The third-order valence-electron chi connectivity index (χ3n) is 3.15. The molecule has 3 rings (SSSR count). The standard InChI is InChI=1S/C14H16BrN3OS/c15-9-3-6-11-12(8-9)20-14(18-11)16-7-1-2-13(19)17-10-4-5-10/h3,6,8,10H,1-2,4-5,7H2,(H,16,18)(H,17,19). The van der Waals surface area contributed by atoms with Crippen LogP contribution in [-0.4, -0.2) is 23.5 Å². The van der Waals surface area contributed by atoms with Crippen molar-refractivity contribution < 1.29 is 4.79 Å². The maximum Gasteiger partial charge on any atom is 0.220 e. The Bertz CT molecular complexity index is 624. The summed E-state index contributed by atoms with van der Waals surface area (Å²) in [6.45, 7) is 0.777. The van der Waals surface area contributed by atoms with E-state index in [4.69, 9.17) is 0 Å². The number of nitrogens with zero attached hydrogens (tertiary/aromatic N) is 1. The number of carbonyl (C=O) groups is 1. The molecule has 1 fully saturated rings. The molecule has 0 bridgehead atoms. The smallest absolute Gasteiger partial charge is 0.220 e. The summed E-state index contributed by atoms with van der Waals surface area (Å²) in [7, 11) is 0. The van der Waals surface area contributed by atoms with E-state index in [1.165, 1.54) is 0 Å². The molecule has 1 aromatic carbocycles. The quantitative estimate of drug-likeness (QED) is 0.781. The van der Waals surface area contributed by atoms with Gasteiger partial charge in [0.05, 0.1) is 10.2 Å². The summed E-state index contributed by atoms with van der Waals surface area (Å²) in [5.41, 5.74) is 1.01. The van der Waals surface area contributed by atoms with Crippen molar-refractivity contribution in [1.29, 1.82) is 0 Å². The van der Waals surface area contributed by atoms with Gasteiger partial charge in [0.2, 0.25) is 5.91 Å². The summed E-state index contributed by atoms with van der Waals surface area (Å²) in [6.07, 6.45) is 3.70. The first-order valence-corrected chi connectivity index (χ1v) is 8.41. The monoisotopic (exact) mass is 353 g/mol. The van der Waals surface area contributed by atoms with Crippen molar-refractivity contribution >= 4 is 48.5 Å². The van der Waals surface area contributed by atoms with Crippen LogP contribution in [0.15, 0.2) is 22.7 Å². The topological polar surface area (TPSA) is 54.0 Å². The Hall–Kier alpha value is -1.14. The van der Waals surface area contributed by atoms with Gasteiger partial charge in [0.15, 0.2) is 5.13 Å². The van der Waals surface area contributed by atoms with Gasteiger partial charge in [0.25, 0.3) is 0 Å². The summed E-state index contributed by atoms with van der Waals surface area (Å²) >= 11 is 5.10. The van der Waals surface area contributed by atoms with E-state index < -0.39 is 0 Å². The molecule has 0 aliphatic heterocycles. The third-order valence-corrected chi connectivity index (χ3v) is 4.62. The normalized spacial score (nSPS) is 14.4. The van der Waals surface area contributed by atoms with Gasteiger partial charge in [-0.1, -0.05) is 27.3 Å². The molecule has 0 radical (unpaired) electrons. The highest BCUT2D eigenvalue weighted by Crippen LogP contribution is 2.28. The maximum absolute atomic E-state index is 11.5. The fourth-order valence-corrected chi connectivity index (χ4v) is 3.39. The number of amides is 1. The van der Waals surface area contributed by atoms with Crippen LogP contribution in [0.1, 0.15) is 25.7 Å². The van der Waals surface area contributed by atoms with E-state index in [9.17, 15) is 4.79 Å². The zero-order chi connectivity index (χ0) is 13.9. The lowest BCUT2D eigenvalue weighted by molar-refractivity contribution is -0.121. The van der Waals surface area contributed by atoms with Gasteiger partial charge in [-0.05, 0) is 37.5 Å². The molecule has 4 nitrogen and oxygen atoms in total. The predicted octanol–water partition coefficient (Wildman–Crippen LogP) is 3.53. The lowest BCUT2D eigenvalue weighted by atomic mass is 10.3. The largest absolute Gasteiger partial charge is 0.361 e. The minimum atomic E-state index is 0.169. The van der Waals surface area contributed by atoms with Crippen LogP contribution in [0.25, 0.3) is 10.2 Å². The average Bonchev–Trinajstić information content (AvgIpc) is 3.12. The van der Waals surface area contributed by atoms with E-state index in [2.05, 4.69) is 37.6 Å². The van der Waals surface area contributed by atoms with E-state index in [0.29, 0.717) is 12.5 Å². The van der Waals surface area contributed by atoms with Crippen LogP contribution < -0.4 is 10.6 Å². The molecule has 1 aliphatic rings. The SMILES string of the molecule is O=C(CCCNc1nc2ccc(Br)cc2s1)NC1CC1. The fraction of sp³-hybridized carbons (Fsp3) is 0.429. The predicted molar refractivity (Wildman–Crippen MR) is 86.2 cm³/mol. The van der Waals surface area contributed by atoms with E-state index in [-0.39, 0.29) is 5.91 Å². The van der Waals surface area contributed by atoms with Gasteiger partial charge >= 0.3 is 0 Å². The lowest BCUT2D eigenvalue weighted by Crippen LogP contribution is -2.25. The minimum absolute atomic E-state index is 0.169. The third kappa shape index (κ3) is 3.70. The first kappa shape index (κ1) is 13.8. The Morgan fingerprint density at radius 2 is 2.30 bits per heavy atom. The summed E-state index contributed by atoms with van der Waals surface area (Å²) in [6, 6.07) is 6.53. The molecule has 106 valence electrons. The molecular formula is C14H16BrN3OS. The molecule has 1 amide bonds. The highest BCUT2D eigenvalue weighted by atomic mass is 79.9. The van der Waals surface area contributed by atoms with Crippen LogP contribution in [0.3, 0.4) is 0 Å². The highest BCUT2D eigenvalue weighted by Gasteiger charge is 2.22. The van der Waals surface area contributed by atoms with Crippen LogP contribution in [0.2, 0.25) is 0 Å². The van der Waals surface area contributed by atoms with Crippen LogP contribution in [0.5, 0.6) is 0 Å². The van der Waals surface area contributed by atoms with Crippen LogP contribution in [-0.2, 0) is 4.79 Å². The number of benzene rings is 1. The molecule has 2 aromatic rings. The van der Waals surface area contributed by atoms with Gasteiger partial charge in [-0.15, -0.1) is 0 Å². The molecule has 0 spiro atoms. The summed E-state index contributed by atoms with van der Waals surface area (Å²) in [4.78, 5) is 16.0. The molecule has 2 N–H and O–H groups in total. The van der Waals surface area contributed by atoms with E-state index in [1.54, 1.807) is 11.3 Å². The van der Waals surface area contributed by atoms with Crippen molar-refractivity contribution in [2.45, 2.75) is 31.7 Å². The molecule has 20 heavy (non-hydrogen) atoms. The number of hydrogen-bond acceptors (Lipinski definition) is 4. The molecule has 0 saturated heterocycles. The molecule has 1 aromatic heterocycles. The summed E-state index contributed by atoms with van der Waals surface area (Å²) in [5.74, 6) is 0.169. The van der Waals surface area contributed by atoms with Crippen LogP contribution >= 0.6 is 27.3 Å². The summed E-state index contributed by atoms with van der Waals surface area (Å²) in [5, 5.41) is 7.20. The molecule has 1 heterocycles. The van der Waals surface area contributed by atoms with Gasteiger partial charge < -0.3 is 10.6 Å². The van der Waals surface area contributed by atoms with Crippen molar-refractivity contribution in [3.63, 3.8) is 0 Å². The van der Waals surface area contributed by atoms with Crippen molar-refractivity contribution in [3.8, 4) is 0 Å². The van der Waals surface area contributed by atoms with Gasteiger partial charge in [-0.2, -0.15) is 0 Å². The minimum Gasteiger partial charge on any atom is -0.361 e. The zero-order valence-corrected chi connectivity index (χ0v) is 13.4. The van der Waals surface area contributed by atoms with Gasteiger partial charge in [0, 0.05) is 23.5 Å². The van der Waals surface area contributed by atoms with Crippen molar-refractivity contribution in [3.05, 3.63) is 22.7 Å². The molecular weight excluding hydrogens is 338 g/mol. The second-order valence-electron chi connectivity index (χ2n) is 5.00. The lowest BCUT2D eigenvalue weighted by Gasteiger charge is -2.03. The Balaban J connectivity index is 1.45. The zero-order valence-electron chi connectivity index (χ0n) is 11.0. The Labute approximate surface area is 130 Å². The van der Waals surface area contributed by atoms with Gasteiger partial charge in [-0.25, -0.2) is 4.98 Å². The van der Waals surface area contributed by atoms with Crippen molar-refractivity contribution in [1.82, 2.24) is 10.3 Å². The van der Waals surface area contributed by atoms with Crippen molar-refractivity contribution in [2.24, 2.45) is 0 Å². The van der Waals surface area contributed by atoms with Gasteiger partial charge in [-0.3, -0.25) is 4.79 Å². The van der Waals surface area contributed by atoms with E-state index in [0.717, 1.165) is 45.6 Å². The number of anilines is 1. The molecule has 1 saturated carbocycles. The number of rotatable bonds is 6. The Kier molecular flexibility index (Phi) is 4.21. The molecule has 0 atom stereocenters. The fourth-order valence-electron chi connectivity index (χ4n) is 1.95. The van der Waals surface area contributed by atoms with Crippen LogP contribution in [0, 0.1) is 0 Å².